The first-order valence-corrected chi connectivity index (χ1v) is 3.26. The molecule has 0 fully saturated rings. The Morgan fingerprint density at radius 3 is 2.70 bits per heavy atom. The summed E-state index contributed by atoms with van der Waals surface area (Å²) in [6.07, 6.45) is 0.510. The van der Waals surface area contributed by atoms with Crippen LogP contribution in [0.1, 0.15) is 17.0 Å². The van der Waals surface area contributed by atoms with Gasteiger partial charge >= 0.3 is 0 Å². The molecule has 1 aromatic rings. The number of nitriles is 1. The molecule has 0 unspecified atom stereocenters. The highest BCUT2D eigenvalue weighted by Crippen LogP contribution is 2.08. The molecule has 0 aromatic carbocycles. The van der Waals surface area contributed by atoms with Crippen molar-refractivity contribution in [2.45, 2.75) is 20.3 Å². The Kier molecular flexibility index (Phi) is 1.77. The molecular weight excluding hydrogens is 124 g/mol. The molecule has 0 amide bonds. The molecule has 0 radical (unpaired) electrons. The molecule has 1 N–H and O–H groups in total. The third-order valence-corrected chi connectivity index (χ3v) is 1.53. The van der Waals surface area contributed by atoms with Crippen molar-refractivity contribution < 1.29 is 0 Å². The van der Waals surface area contributed by atoms with Gasteiger partial charge in [-0.1, -0.05) is 0 Å². The van der Waals surface area contributed by atoms with Crippen molar-refractivity contribution in [1.82, 2.24) is 4.98 Å². The minimum atomic E-state index is 0.510. The van der Waals surface area contributed by atoms with Gasteiger partial charge < -0.3 is 4.98 Å². The monoisotopic (exact) mass is 134 g/mol. The molecule has 0 aliphatic carbocycles. The summed E-state index contributed by atoms with van der Waals surface area (Å²) in [4.78, 5) is 3.14. The van der Waals surface area contributed by atoms with Crippen LogP contribution in [-0.4, -0.2) is 4.98 Å². The van der Waals surface area contributed by atoms with Crippen LogP contribution in [0.3, 0.4) is 0 Å². The van der Waals surface area contributed by atoms with Crippen LogP contribution in [0.4, 0.5) is 0 Å². The number of rotatable bonds is 1. The van der Waals surface area contributed by atoms with Crippen LogP contribution in [-0.2, 0) is 6.42 Å². The molecule has 0 spiro atoms. The first-order valence-electron chi connectivity index (χ1n) is 3.26. The third-order valence-electron chi connectivity index (χ3n) is 1.53. The summed E-state index contributed by atoms with van der Waals surface area (Å²) in [5, 5.41) is 8.39. The van der Waals surface area contributed by atoms with Crippen molar-refractivity contribution >= 4 is 0 Å². The lowest BCUT2D eigenvalue weighted by atomic mass is 10.2. The van der Waals surface area contributed by atoms with Crippen molar-refractivity contribution in [3.8, 4) is 6.07 Å². The second kappa shape index (κ2) is 2.57. The molecule has 0 saturated carbocycles. The molecule has 1 rings (SSSR count). The van der Waals surface area contributed by atoms with Gasteiger partial charge in [-0.25, -0.2) is 0 Å². The van der Waals surface area contributed by atoms with Crippen LogP contribution < -0.4 is 0 Å². The van der Waals surface area contributed by atoms with Gasteiger partial charge in [0.25, 0.3) is 0 Å². The second-order valence-electron chi connectivity index (χ2n) is 2.44. The van der Waals surface area contributed by atoms with Crippen molar-refractivity contribution in [3.05, 3.63) is 23.0 Å². The number of aromatic nitrogens is 1. The van der Waals surface area contributed by atoms with Gasteiger partial charge in [0.2, 0.25) is 0 Å². The van der Waals surface area contributed by atoms with Crippen LogP contribution in [0, 0.1) is 25.2 Å². The first kappa shape index (κ1) is 6.88. The van der Waals surface area contributed by atoms with Gasteiger partial charge in [-0.05, 0) is 25.5 Å². The molecular formula is C8H10N2. The highest BCUT2D eigenvalue weighted by molar-refractivity contribution is 5.26. The van der Waals surface area contributed by atoms with Crippen LogP contribution in [0.5, 0.6) is 0 Å². The van der Waals surface area contributed by atoms with E-state index >= 15 is 0 Å². The molecule has 1 heterocycles. The molecule has 10 heavy (non-hydrogen) atoms. The number of H-pyrrole nitrogens is 1. The lowest BCUT2D eigenvalue weighted by Crippen LogP contribution is -1.80. The van der Waals surface area contributed by atoms with E-state index in [2.05, 4.69) is 11.1 Å². The van der Waals surface area contributed by atoms with E-state index < -0.39 is 0 Å². The zero-order chi connectivity index (χ0) is 7.56. The lowest BCUT2D eigenvalue weighted by Gasteiger charge is -1.87. The fourth-order valence-electron chi connectivity index (χ4n) is 1.05. The number of hydrogen-bond acceptors (Lipinski definition) is 1. The standard InChI is InChI=1S/C8H10N2/c1-6-5-8(3-4-9)7(2)10-6/h5,10H,3H2,1-2H3. The van der Waals surface area contributed by atoms with Crippen LogP contribution in [0.25, 0.3) is 0 Å². The largest absolute Gasteiger partial charge is 0.362 e. The summed E-state index contributed by atoms with van der Waals surface area (Å²) in [5.74, 6) is 0. The predicted molar refractivity (Wildman–Crippen MR) is 39.6 cm³/mol. The number of aromatic amines is 1. The highest BCUT2D eigenvalue weighted by Gasteiger charge is 1.98. The number of nitrogens with one attached hydrogen (secondary N) is 1. The normalized spacial score (nSPS) is 9.30. The van der Waals surface area contributed by atoms with Gasteiger partial charge in [-0.2, -0.15) is 5.26 Å². The van der Waals surface area contributed by atoms with E-state index in [9.17, 15) is 0 Å². The Hall–Kier alpha value is -1.23. The SMILES string of the molecule is Cc1cc(CC#N)c(C)[nH]1. The molecule has 52 valence electrons. The molecule has 2 nitrogen and oxygen atoms in total. The molecule has 0 aliphatic heterocycles. The Bertz CT molecular complexity index is 265. The quantitative estimate of drug-likeness (QED) is 0.623. The zero-order valence-electron chi connectivity index (χ0n) is 6.23. The van der Waals surface area contributed by atoms with E-state index in [1.807, 2.05) is 19.9 Å². The maximum Gasteiger partial charge on any atom is 0.0670 e. The fraction of sp³-hybridized carbons (Fsp3) is 0.375. The summed E-state index contributed by atoms with van der Waals surface area (Å²) >= 11 is 0. The summed E-state index contributed by atoms with van der Waals surface area (Å²) in [6, 6.07) is 4.13. The Morgan fingerprint density at radius 1 is 1.60 bits per heavy atom. The zero-order valence-corrected chi connectivity index (χ0v) is 6.23. The molecule has 0 atom stereocenters. The molecule has 2 heteroatoms. The number of nitrogens with zero attached hydrogens (tertiary/aromatic N) is 1. The maximum atomic E-state index is 8.39. The molecule has 0 aliphatic rings. The Morgan fingerprint density at radius 2 is 2.30 bits per heavy atom. The van der Waals surface area contributed by atoms with Crippen molar-refractivity contribution in [1.29, 1.82) is 5.26 Å². The molecule has 0 bridgehead atoms. The Labute approximate surface area is 60.5 Å². The average molecular weight is 134 g/mol. The minimum absolute atomic E-state index is 0.510. The third kappa shape index (κ3) is 1.19. The number of hydrogen-bond donors (Lipinski definition) is 1. The predicted octanol–water partition coefficient (Wildman–Crippen LogP) is 1.70. The van der Waals surface area contributed by atoms with E-state index in [-0.39, 0.29) is 0 Å². The van der Waals surface area contributed by atoms with E-state index in [1.165, 1.54) is 0 Å². The first-order chi connectivity index (χ1) is 4.74. The second-order valence-corrected chi connectivity index (χ2v) is 2.44. The van der Waals surface area contributed by atoms with E-state index in [0.717, 1.165) is 17.0 Å². The minimum Gasteiger partial charge on any atom is -0.362 e. The van der Waals surface area contributed by atoms with Crippen molar-refractivity contribution in [2.75, 3.05) is 0 Å². The lowest BCUT2D eigenvalue weighted by molar-refractivity contribution is 1.15. The van der Waals surface area contributed by atoms with E-state index in [4.69, 9.17) is 5.26 Å². The Balaban J connectivity index is 2.94. The van der Waals surface area contributed by atoms with Gasteiger partial charge in [0, 0.05) is 11.4 Å². The van der Waals surface area contributed by atoms with Crippen molar-refractivity contribution in [3.63, 3.8) is 0 Å². The van der Waals surface area contributed by atoms with Gasteiger partial charge in [0.15, 0.2) is 0 Å². The summed E-state index contributed by atoms with van der Waals surface area (Å²) < 4.78 is 0. The van der Waals surface area contributed by atoms with Crippen LogP contribution >= 0.6 is 0 Å². The van der Waals surface area contributed by atoms with Gasteiger partial charge in [-0.3, -0.25) is 0 Å². The van der Waals surface area contributed by atoms with Crippen LogP contribution in [0.15, 0.2) is 6.07 Å². The van der Waals surface area contributed by atoms with Gasteiger partial charge in [0.05, 0.1) is 12.5 Å². The topological polar surface area (TPSA) is 39.6 Å². The van der Waals surface area contributed by atoms with Crippen molar-refractivity contribution in [2.24, 2.45) is 0 Å². The molecule has 1 aromatic heterocycles. The summed E-state index contributed by atoms with van der Waals surface area (Å²) in [5.41, 5.74) is 3.35. The van der Waals surface area contributed by atoms with E-state index in [0.29, 0.717) is 6.42 Å². The maximum absolute atomic E-state index is 8.39. The fourth-order valence-corrected chi connectivity index (χ4v) is 1.05. The summed E-state index contributed by atoms with van der Waals surface area (Å²) in [6.45, 7) is 3.98. The summed E-state index contributed by atoms with van der Waals surface area (Å²) in [7, 11) is 0. The van der Waals surface area contributed by atoms with Gasteiger partial charge in [0.1, 0.15) is 0 Å². The molecule has 0 saturated heterocycles. The van der Waals surface area contributed by atoms with E-state index in [1.54, 1.807) is 0 Å². The smallest absolute Gasteiger partial charge is 0.0670 e. The number of aryl methyl sites for hydroxylation is 2. The van der Waals surface area contributed by atoms with Crippen LogP contribution in [0.2, 0.25) is 0 Å². The average Bonchev–Trinajstić information content (AvgIpc) is 2.13. The van der Waals surface area contributed by atoms with Gasteiger partial charge in [-0.15, -0.1) is 0 Å². The highest BCUT2D eigenvalue weighted by atomic mass is 14.7.